The zero-order valence-electron chi connectivity index (χ0n) is 23.9. The first-order valence-corrected chi connectivity index (χ1v) is 15.7. The lowest BCUT2D eigenvalue weighted by atomic mass is 9.74. The number of benzene rings is 2. The van der Waals surface area contributed by atoms with Crippen molar-refractivity contribution in [2.24, 2.45) is 11.8 Å². The molecule has 2 aromatic rings. The van der Waals surface area contributed by atoms with Gasteiger partial charge >= 0.3 is 0 Å². The summed E-state index contributed by atoms with van der Waals surface area (Å²) in [4.78, 5) is 44.0. The number of nitrogens with one attached hydrogen (secondary N) is 2. The second-order valence-electron chi connectivity index (χ2n) is 12.5. The molecule has 4 fully saturated rings. The molecule has 3 heterocycles. The highest BCUT2D eigenvalue weighted by Crippen LogP contribution is 2.56. The molecule has 5 atom stereocenters. The van der Waals surface area contributed by atoms with Crippen molar-refractivity contribution in [3.05, 3.63) is 66.7 Å². The number of fused-ring (bicyclic) bond motifs is 1. The second-order valence-corrected chi connectivity index (χ2v) is 12.5. The van der Waals surface area contributed by atoms with Crippen molar-refractivity contribution >= 4 is 23.4 Å². The highest BCUT2D eigenvalue weighted by molar-refractivity contribution is 6.03. The minimum atomic E-state index is -1.12. The van der Waals surface area contributed by atoms with Crippen LogP contribution in [0.2, 0.25) is 0 Å². The summed E-state index contributed by atoms with van der Waals surface area (Å²) in [6.07, 6.45) is 13.6. The smallest absolute Gasteiger partial charge is 0.246 e. The van der Waals surface area contributed by atoms with Crippen molar-refractivity contribution in [1.82, 2.24) is 10.2 Å². The van der Waals surface area contributed by atoms with E-state index in [9.17, 15) is 14.4 Å². The highest BCUT2D eigenvalue weighted by Gasteiger charge is 2.73. The average Bonchev–Trinajstić information content (AvgIpc) is 3.67. The van der Waals surface area contributed by atoms with Crippen molar-refractivity contribution in [3.8, 4) is 11.5 Å². The van der Waals surface area contributed by atoms with Gasteiger partial charge in [0.2, 0.25) is 17.7 Å². The molecule has 0 radical (unpaired) electrons. The zero-order chi connectivity index (χ0) is 28.7. The molecular formula is C34H39N3O5. The molecule has 2 saturated carbocycles. The molecule has 2 saturated heterocycles. The lowest BCUT2D eigenvalue weighted by Gasteiger charge is -2.39. The van der Waals surface area contributed by atoms with Gasteiger partial charge in [0.15, 0.2) is 0 Å². The number of hydrogen-bond acceptors (Lipinski definition) is 5. The molecule has 2 N–H and O–H groups in total. The Bertz CT molecular complexity index is 1350. The maximum absolute atomic E-state index is 14.3. The fourth-order valence-corrected chi connectivity index (χ4v) is 7.94. The Labute approximate surface area is 246 Å². The third-order valence-corrected chi connectivity index (χ3v) is 9.88. The van der Waals surface area contributed by atoms with Gasteiger partial charge in [0, 0.05) is 17.8 Å². The van der Waals surface area contributed by atoms with E-state index in [1.807, 2.05) is 47.4 Å². The number of carbonyl (C=O) groups is 3. The van der Waals surface area contributed by atoms with Crippen molar-refractivity contribution < 1.29 is 23.9 Å². The fraction of sp³-hybridized carbons (Fsp3) is 0.500. The molecule has 5 unspecified atom stereocenters. The summed E-state index contributed by atoms with van der Waals surface area (Å²) in [6.45, 7) is 0. The maximum atomic E-state index is 14.3. The number of hydrogen-bond donors (Lipinski definition) is 2. The van der Waals surface area contributed by atoms with Crippen LogP contribution in [0, 0.1) is 11.8 Å². The summed E-state index contributed by atoms with van der Waals surface area (Å²) in [5.41, 5.74) is -0.504. The van der Waals surface area contributed by atoms with Crippen LogP contribution in [-0.2, 0) is 19.1 Å². The van der Waals surface area contributed by atoms with Crippen LogP contribution in [0.15, 0.2) is 66.7 Å². The predicted octanol–water partition coefficient (Wildman–Crippen LogP) is 5.35. The first-order valence-electron chi connectivity index (χ1n) is 15.7. The van der Waals surface area contributed by atoms with Crippen molar-refractivity contribution in [2.45, 2.75) is 94.0 Å². The van der Waals surface area contributed by atoms with Gasteiger partial charge in [-0.25, -0.2) is 0 Å². The Balaban J connectivity index is 1.12. The first kappa shape index (κ1) is 27.2. The van der Waals surface area contributed by atoms with Crippen LogP contribution in [0.3, 0.4) is 0 Å². The Morgan fingerprint density at radius 3 is 2.21 bits per heavy atom. The molecule has 7 rings (SSSR count). The van der Waals surface area contributed by atoms with Crippen molar-refractivity contribution in [1.29, 1.82) is 0 Å². The lowest BCUT2D eigenvalue weighted by molar-refractivity contribution is -0.144. The Kier molecular flexibility index (Phi) is 7.26. The Morgan fingerprint density at radius 1 is 0.833 bits per heavy atom. The van der Waals surface area contributed by atoms with E-state index < -0.39 is 29.6 Å². The maximum Gasteiger partial charge on any atom is 0.246 e. The first-order chi connectivity index (χ1) is 20.5. The van der Waals surface area contributed by atoms with Crippen LogP contribution >= 0.6 is 0 Å². The van der Waals surface area contributed by atoms with Gasteiger partial charge < -0.3 is 25.0 Å². The third kappa shape index (κ3) is 4.79. The van der Waals surface area contributed by atoms with Crippen LogP contribution in [0.5, 0.6) is 11.5 Å². The quantitative estimate of drug-likeness (QED) is 0.439. The summed E-state index contributed by atoms with van der Waals surface area (Å²) in [6, 6.07) is 16.1. The van der Waals surface area contributed by atoms with Crippen LogP contribution in [-0.4, -0.2) is 52.5 Å². The molecule has 42 heavy (non-hydrogen) atoms. The van der Waals surface area contributed by atoms with Gasteiger partial charge in [0.25, 0.3) is 0 Å². The van der Waals surface area contributed by atoms with E-state index in [-0.39, 0.29) is 29.8 Å². The SMILES string of the molecule is O=C(Nc1ccc(Oc2ccccc2)cc1)C1C2C=CC3(O2)C1C(=O)N(C1CCCCC1)C3C(=O)NC1CCCCC1. The zero-order valence-corrected chi connectivity index (χ0v) is 23.9. The fourth-order valence-electron chi connectivity index (χ4n) is 7.94. The Morgan fingerprint density at radius 2 is 1.50 bits per heavy atom. The molecular weight excluding hydrogens is 530 g/mol. The van der Waals surface area contributed by atoms with Gasteiger partial charge in [-0.2, -0.15) is 0 Å². The van der Waals surface area contributed by atoms with E-state index in [0.29, 0.717) is 11.4 Å². The summed E-state index contributed by atoms with van der Waals surface area (Å²) < 4.78 is 12.4. The molecule has 2 bridgehead atoms. The number of anilines is 1. The molecule has 2 aliphatic carbocycles. The van der Waals surface area contributed by atoms with Gasteiger partial charge in [-0.3, -0.25) is 14.4 Å². The Hall–Kier alpha value is -3.65. The van der Waals surface area contributed by atoms with Crippen molar-refractivity contribution in [3.63, 3.8) is 0 Å². The summed E-state index contributed by atoms with van der Waals surface area (Å²) in [7, 11) is 0. The molecule has 8 nitrogen and oxygen atoms in total. The second kappa shape index (κ2) is 11.2. The normalized spacial score (nSPS) is 30.8. The number of rotatable bonds is 7. The number of ether oxygens (including phenoxy) is 2. The van der Waals surface area contributed by atoms with E-state index in [2.05, 4.69) is 10.6 Å². The van der Waals surface area contributed by atoms with E-state index in [4.69, 9.17) is 9.47 Å². The molecule has 5 aliphatic rings. The number of nitrogens with zero attached hydrogens (tertiary/aromatic N) is 1. The number of carbonyl (C=O) groups excluding carboxylic acids is 3. The third-order valence-electron chi connectivity index (χ3n) is 9.88. The molecule has 0 aromatic heterocycles. The lowest BCUT2D eigenvalue weighted by Crippen LogP contribution is -2.58. The van der Waals surface area contributed by atoms with Crippen LogP contribution < -0.4 is 15.4 Å². The summed E-state index contributed by atoms with van der Waals surface area (Å²) in [5.74, 6) is -0.565. The van der Waals surface area contributed by atoms with Crippen molar-refractivity contribution in [2.75, 3.05) is 5.32 Å². The average molecular weight is 570 g/mol. The van der Waals surface area contributed by atoms with Gasteiger partial charge in [-0.15, -0.1) is 0 Å². The predicted molar refractivity (Wildman–Crippen MR) is 158 cm³/mol. The molecule has 3 aliphatic heterocycles. The minimum absolute atomic E-state index is 0.00903. The van der Waals surface area contributed by atoms with Crippen LogP contribution in [0.25, 0.3) is 0 Å². The number of likely N-dealkylation sites (tertiary alicyclic amines) is 1. The van der Waals surface area contributed by atoms with E-state index in [1.54, 1.807) is 24.3 Å². The van der Waals surface area contributed by atoms with Crippen LogP contribution in [0.1, 0.15) is 64.2 Å². The minimum Gasteiger partial charge on any atom is -0.457 e. The molecule has 3 amide bonds. The van der Waals surface area contributed by atoms with E-state index in [0.717, 1.165) is 63.5 Å². The molecule has 1 spiro atoms. The van der Waals surface area contributed by atoms with Gasteiger partial charge in [0.05, 0.1) is 17.9 Å². The summed E-state index contributed by atoms with van der Waals surface area (Å²) >= 11 is 0. The highest BCUT2D eigenvalue weighted by atomic mass is 16.5. The number of para-hydroxylation sites is 1. The standard InChI is InChI=1S/C34H39N3O5/c38-31(35-23-16-18-26(19-17-23)41-25-14-8-3-9-15-25)28-27-20-21-34(42-27)29(28)33(40)37(24-12-6-2-7-13-24)30(34)32(39)36-22-10-4-1-5-11-22/h3,8-9,14-22,24,27-30H,1-2,4-7,10-13H2,(H,35,38)(H,36,39). The van der Waals surface area contributed by atoms with E-state index in [1.165, 1.54) is 6.42 Å². The molecule has 220 valence electrons. The van der Waals surface area contributed by atoms with Gasteiger partial charge in [0.1, 0.15) is 23.1 Å². The molecule has 2 aromatic carbocycles. The summed E-state index contributed by atoms with van der Waals surface area (Å²) in [5, 5.41) is 6.30. The van der Waals surface area contributed by atoms with Gasteiger partial charge in [-0.05, 0) is 62.1 Å². The number of amides is 3. The van der Waals surface area contributed by atoms with E-state index >= 15 is 0 Å². The van der Waals surface area contributed by atoms with Crippen LogP contribution in [0.4, 0.5) is 5.69 Å². The monoisotopic (exact) mass is 569 g/mol. The topological polar surface area (TPSA) is 97.0 Å². The van der Waals surface area contributed by atoms with Gasteiger partial charge in [-0.1, -0.05) is 68.9 Å². The molecule has 8 heteroatoms. The largest absolute Gasteiger partial charge is 0.457 e.